The van der Waals surface area contributed by atoms with Gasteiger partial charge in [0, 0.05) is 18.7 Å². The SMILES string of the molecule is CC1(O)CCN(C(=O)c2ccccc2C(C)(C)C)CC1. The van der Waals surface area contributed by atoms with Crippen LogP contribution in [-0.2, 0) is 5.41 Å². The van der Waals surface area contributed by atoms with E-state index in [2.05, 4.69) is 20.8 Å². The molecule has 0 aliphatic carbocycles. The van der Waals surface area contributed by atoms with E-state index in [1.54, 1.807) is 0 Å². The maximum atomic E-state index is 12.7. The Kier molecular flexibility index (Phi) is 3.92. The van der Waals surface area contributed by atoms with Crippen LogP contribution < -0.4 is 0 Å². The summed E-state index contributed by atoms with van der Waals surface area (Å²) >= 11 is 0. The standard InChI is InChI=1S/C17H25NO2/c1-16(2,3)14-8-6-5-7-13(14)15(19)18-11-9-17(4,20)10-12-18/h5-8,20H,9-12H2,1-4H3. The van der Waals surface area contributed by atoms with E-state index in [0.29, 0.717) is 25.9 Å². The number of aliphatic hydroxyl groups is 1. The summed E-state index contributed by atoms with van der Waals surface area (Å²) in [5.74, 6) is 0.0889. The number of piperidine rings is 1. The molecule has 0 bridgehead atoms. The van der Waals surface area contributed by atoms with Gasteiger partial charge in [-0.3, -0.25) is 4.79 Å². The first-order valence-electron chi connectivity index (χ1n) is 7.32. The third kappa shape index (κ3) is 3.21. The molecule has 1 heterocycles. The van der Waals surface area contributed by atoms with Crippen LogP contribution in [0.2, 0.25) is 0 Å². The van der Waals surface area contributed by atoms with E-state index >= 15 is 0 Å². The highest BCUT2D eigenvalue weighted by molar-refractivity contribution is 5.96. The summed E-state index contributed by atoms with van der Waals surface area (Å²) in [6.45, 7) is 9.48. The number of nitrogens with zero attached hydrogens (tertiary/aromatic N) is 1. The second kappa shape index (κ2) is 5.21. The summed E-state index contributed by atoms with van der Waals surface area (Å²) in [5.41, 5.74) is 1.21. The van der Waals surface area contributed by atoms with E-state index in [0.717, 1.165) is 11.1 Å². The Morgan fingerprint density at radius 2 is 1.75 bits per heavy atom. The van der Waals surface area contributed by atoms with E-state index in [4.69, 9.17) is 0 Å². The molecule has 1 saturated heterocycles. The van der Waals surface area contributed by atoms with Crippen LogP contribution in [0.1, 0.15) is 56.5 Å². The van der Waals surface area contributed by atoms with Gasteiger partial charge >= 0.3 is 0 Å². The Morgan fingerprint density at radius 1 is 1.20 bits per heavy atom. The smallest absolute Gasteiger partial charge is 0.254 e. The average molecular weight is 275 g/mol. The normalized spacial score (nSPS) is 18.9. The van der Waals surface area contributed by atoms with Crippen molar-refractivity contribution in [3.63, 3.8) is 0 Å². The zero-order valence-corrected chi connectivity index (χ0v) is 12.9. The topological polar surface area (TPSA) is 40.5 Å². The fraction of sp³-hybridized carbons (Fsp3) is 0.588. The van der Waals surface area contributed by atoms with E-state index in [9.17, 15) is 9.90 Å². The lowest BCUT2D eigenvalue weighted by molar-refractivity contribution is -0.00208. The van der Waals surface area contributed by atoms with Crippen LogP contribution in [0.5, 0.6) is 0 Å². The number of carbonyl (C=O) groups excluding carboxylic acids is 1. The van der Waals surface area contributed by atoms with Crippen molar-refractivity contribution in [3.05, 3.63) is 35.4 Å². The molecule has 0 spiro atoms. The molecule has 1 aliphatic heterocycles. The Balaban J connectivity index is 2.23. The summed E-state index contributed by atoms with van der Waals surface area (Å²) in [7, 11) is 0. The number of hydrogen-bond acceptors (Lipinski definition) is 2. The van der Waals surface area contributed by atoms with Gasteiger partial charge in [-0.15, -0.1) is 0 Å². The Morgan fingerprint density at radius 3 is 2.30 bits per heavy atom. The molecule has 0 radical (unpaired) electrons. The lowest BCUT2D eigenvalue weighted by atomic mass is 9.83. The summed E-state index contributed by atoms with van der Waals surface area (Å²) in [5, 5.41) is 9.99. The predicted octanol–water partition coefficient (Wildman–Crippen LogP) is 2.97. The number of likely N-dealkylation sites (tertiary alicyclic amines) is 1. The molecule has 1 N–H and O–H groups in total. The zero-order valence-electron chi connectivity index (χ0n) is 12.9. The first kappa shape index (κ1) is 15.0. The molecule has 0 unspecified atom stereocenters. The van der Waals surface area contributed by atoms with Gasteiger partial charge in [-0.2, -0.15) is 0 Å². The van der Waals surface area contributed by atoms with Crippen LogP contribution >= 0.6 is 0 Å². The molecule has 1 aromatic carbocycles. The van der Waals surface area contributed by atoms with Gasteiger partial charge in [0.15, 0.2) is 0 Å². The number of hydrogen-bond donors (Lipinski definition) is 1. The molecule has 0 atom stereocenters. The van der Waals surface area contributed by atoms with Crippen molar-refractivity contribution in [1.29, 1.82) is 0 Å². The van der Waals surface area contributed by atoms with E-state index in [1.165, 1.54) is 0 Å². The first-order valence-corrected chi connectivity index (χ1v) is 7.32. The lowest BCUT2D eigenvalue weighted by Crippen LogP contribution is -2.45. The fourth-order valence-electron chi connectivity index (χ4n) is 2.69. The third-order valence-electron chi connectivity index (χ3n) is 4.09. The summed E-state index contributed by atoms with van der Waals surface area (Å²) in [4.78, 5) is 14.6. The Labute approximate surface area is 121 Å². The first-order chi connectivity index (χ1) is 9.21. The van der Waals surface area contributed by atoms with Crippen molar-refractivity contribution in [2.75, 3.05) is 13.1 Å². The highest BCUT2D eigenvalue weighted by Gasteiger charge is 2.31. The number of rotatable bonds is 1. The number of carbonyl (C=O) groups is 1. The third-order valence-corrected chi connectivity index (χ3v) is 4.09. The van der Waals surface area contributed by atoms with Gasteiger partial charge in [0.1, 0.15) is 0 Å². The van der Waals surface area contributed by atoms with Crippen molar-refractivity contribution in [3.8, 4) is 0 Å². The quantitative estimate of drug-likeness (QED) is 0.856. The maximum Gasteiger partial charge on any atom is 0.254 e. The average Bonchev–Trinajstić information content (AvgIpc) is 2.37. The van der Waals surface area contributed by atoms with Crippen molar-refractivity contribution in [2.24, 2.45) is 0 Å². The molecule has 3 nitrogen and oxygen atoms in total. The van der Waals surface area contributed by atoms with Gasteiger partial charge in [-0.25, -0.2) is 0 Å². The minimum Gasteiger partial charge on any atom is -0.390 e. The molecule has 3 heteroatoms. The van der Waals surface area contributed by atoms with Gasteiger partial charge in [0.05, 0.1) is 5.60 Å². The van der Waals surface area contributed by atoms with E-state index in [1.807, 2.05) is 36.1 Å². The van der Waals surface area contributed by atoms with E-state index in [-0.39, 0.29) is 11.3 Å². The van der Waals surface area contributed by atoms with Crippen LogP contribution in [0.25, 0.3) is 0 Å². The van der Waals surface area contributed by atoms with Crippen LogP contribution in [0.15, 0.2) is 24.3 Å². The molecular weight excluding hydrogens is 250 g/mol. The molecule has 20 heavy (non-hydrogen) atoms. The Hall–Kier alpha value is -1.35. The molecule has 1 amide bonds. The fourth-order valence-corrected chi connectivity index (χ4v) is 2.69. The van der Waals surface area contributed by atoms with Gasteiger partial charge in [-0.1, -0.05) is 39.0 Å². The monoisotopic (exact) mass is 275 g/mol. The highest BCUT2D eigenvalue weighted by atomic mass is 16.3. The molecule has 2 rings (SSSR count). The van der Waals surface area contributed by atoms with E-state index < -0.39 is 5.60 Å². The maximum absolute atomic E-state index is 12.7. The van der Waals surface area contributed by atoms with Crippen LogP contribution in [0, 0.1) is 0 Å². The minimum atomic E-state index is -0.625. The van der Waals surface area contributed by atoms with Crippen LogP contribution in [-0.4, -0.2) is 34.6 Å². The lowest BCUT2D eigenvalue weighted by Gasteiger charge is -2.36. The molecule has 0 saturated carbocycles. The molecule has 1 aliphatic rings. The summed E-state index contributed by atoms with van der Waals surface area (Å²) in [6, 6.07) is 7.85. The number of benzene rings is 1. The number of amides is 1. The molecule has 1 aromatic rings. The Bertz CT molecular complexity index is 490. The van der Waals surface area contributed by atoms with Gasteiger partial charge in [-0.05, 0) is 36.8 Å². The predicted molar refractivity (Wildman–Crippen MR) is 80.9 cm³/mol. The van der Waals surface area contributed by atoms with Gasteiger partial charge in [0.25, 0.3) is 5.91 Å². The van der Waals surface area contributed by atoms with Gasteiger partial charge < -0.3 is 10.0 Å². The summed E-state index contributed by atoms with van der Waals surface area (Å²) in [6.07, 6.45) is 1.30. The van der Waals surface area contributed by atoms with Gasteiger partial charge in [0.2, 0.25) is 0 Å². The van der Waals surface area contributed by atoms with Crippen molar-refractivity contribution in [2.45, 2.75) is 51.6 Å². The zero-order chi connectivity index (χ0) is 15.0. The second-order valence-corrected chi connectivity index (χ2v) is 7.08. The van der Waals surface area contributed by atoms with Crippen LogP contribution in [0.3, 0.4) is 0 Å². The van der Waals surface area contributed by atoms with Crippen molar-refractivity contribution >= 4 is 5.91 Å². The molecule has 110 valence electrons. The summed E-state index contributed by atoms with van der Waals surface area (Å²) < 4.78 is 0. The highest BCUT2D eigenvalue weighted by Crippen LogP contribution is 2.28. The molecule has 0 aromatic heterocycles. The largest absolute Gasteiger partial charge is 0.390 e. The molecule has 1 fully saturated rings. The minimum absolute atomic E-state index is 0.0481. The molecular formula is C17H25NO2. The van der Waals surface area contributed by atoms with Crippen LogP contribution in [0.4, 0.5) is 0 Å². The van der Waals surface area contributed by atoms with Crippen molar-refractivity contribution in [1.82, 2.24) is 4.90 Å². The van der Waals surface area contributed by atoms with Crippen molar-refractivity contribution < 1.29 is 9.90 Å². The second-order valence-electron chi connectivity index (χ2n) is 7.08.